The van der Waals surface area contributed by atoms with Crippen molar-refractivity contribution in [3.05, 3.63) is 41.7 Å². The maximum atomic E-state index is 12.2. The standard InChI is InChI=1S/C10H12FN/c1-8-3-2-4-9(5-8)10(6-11)7-12/h2-6H,7,12H2,1H3. The van der Waals surface area contributed by atoms with Crippen molar-refractivity contribution >= 4 is 5.57 Å². The summed E-state index contributed by atoms with van der Waals surface area (Å²) in [5.41, 5.74) is 7.87. The highest BCUT2D eigenvalue weighted by Gasteiger charge is 1.98. The van der Waals surface area contributed by atoms with E-state index >= 15 is 0 Å². The summed E-state index contributed by atoms with van der Waals surface area (Å²) in [7, 11) is 0. The third-order valence-corrected chi connectivity index (χ3v) is 1.74. The van der Waals surface area contributed by atoms with Gasteiger partial charge in [0.05, 0.1) is 6.33 Å². The van der Waals surface area contributed by atoms with Crippen LogP contribution in [0.15, 0.2) is 30.6 Å². The average molecular weight is 165 g/mol. The molecule has 0 aliphatic carbocycles. The molecule has 0 atom stereocenters. The van der Waals surface area contributed by atoms with Crippen LogP contribution in [0.3, 0.4) is 0 Å². The molecule has 0 radical (unpaired) electrons. The maximum absolute atomic E-state index is 12.2. The topological polar surface area (TPSA) is 26.0 Å². The highest BCUT2D eigenvalue weighted by Crippen LogP contribution is 2.14. The van der Waals surface area contributed by atoms with Crippen molar-refractivity contribution in [2.75, 3.05) is 6.54 Å². The van der Waals surface area contributed by atoms with Gasteiger partial charge >= 0.3 is 0 Å². The van der Waals surface area contributed by atoms with E-state index in [2.05, 4.69) is 0 Å². The highest BCUT2D eigenvalue weighted by atomic mass is 19.1. The lowest BCUT2D eigenvalue weighted by Gasteiger charge is -2.02. The molecule has 0 fully saturated rings. The van der Waals surface area contributed by atoms with Crippen LogP contribution in [0.4, 0.5) is 4.39 Å². The first kappa shape index (κ1) is 8.94. The predicted molar refractivity (Wildman–Crippen MR) is 49.3 cm³/mol. The Hall–Kier alpha value is -1.15. The molecule has 0 aromatic heterocycles. The van der Waals surface area contributed by atoms with E-state index in [1.54, 1.807) is 0 Å². The summed E-state index contributed by atoms with van der Waals surface area (Å²) in [4.78, 5) is 0. The van der Waals surface area contributed by atoms with Crippen LogP contribution >= 0.6 is 0 Å². The largest absolute Gasteiger partial charge is 0.326 e. The molecule has 0 bridgehead atoms. The molecular weight excluding hydrogens is 153 g/mol. The molecule has 1 nitrogen and oxygen atoms in total. The van der Waals surface area contributed by atoms with Gasteiger partial charge in [0, 0.05) is 12.1 Å². The van der Waals surface area contributed by atoms with E-state index in [1.165, 1.54) is 0 Å². The molecule has 0 unspecified atom stereocenters. The molecule has 0 heterocycles. The summed E-state index contributed by atoms with van der Waals surface area (Å²) in [5, 5.41) is 0. The van der Waals surface area contributed by atoms with Gasteiger partial charge in [-0.3, -0.25) is 0 Å². The van der Waals surface area contributed by atoms with Crippen molar-refractivity contribution in [1.29, 1.82) is 0 Å². The van der Waals surface area contributed by atoms with Crippen molar-refractivity contribution in [3.63, 3.8) is 0 Å². The molecule has 12 heavy (non-hydrogen) atoms. The molecule has 64 valence electrons. The maximum Gasteiger partial charge on any atom is 0.0917 e. The van der Waals surface area contributed by atoms with E-state index in [0.29, 0.717) is 11.9 Å². The summed E-state index contributed by atoms with van der Waals surface area (Å²) in [6.07, 6.45) is 0.564. The summed E-state index contributed by atoms with van der Waals surface area (Å²) in [5.74, 6) is 0. The second-order valence-electron chi connectivity index (χ2n) is 2.71. The molecule has 1 aromatic carbocycles. The Bertz CT molecular complexity index is 292. The lowest BCUT2D eigenvalue weighted by molar-refractivity contribution is 0.721. The normalized spacial score (nSPS) is 11.8. The second kappa shape index (κ2) is 4.02. The van der Waals surface area contributed by atoms with E-state index < -0.39 is 0 Å². The molecule has 0 spiro atoms. The minimum Gasteiger partial charge on any atom is -0.326 e. The lowest BCUT2D eigenvalue weighted by Crippen LogP contribution is -2.01. The SMILES string of the molecule is Cc1cccc(C(=CF)CN)c1. The van der Waals surface area contributed by atoms with Gasteiger partial charge in [-0.2, -0.15) is 0 Å². The zero-order valence-electron chi connectivity index (χ0n) is 7.05. The first-order chi connectivity index (χ1) is 5.77. The van der Waals surface area contributed by atoms with Crippen molar-refractivity contribution < 1.29 is 4.39 Å². The van der Waals surface area contributed by atoms with E-state index in [1.807, 2.05) is 31.2 Å². The fraction of sp³-hybridized carbons (Fsp3) is 0.200. The van der Waals surface area contributed by atoms with Crippen LogP contribution < -0.4 is 5.73 Å². The van der Waals surface area contributed by atoms with Gasteiger partial charge in [0.2, 0.25) is 0 Å². The van der Waals surface area contributed by atoms with Gasteiger partial charge in [-0.1, -0.05) is 29.8 Å². The molecule has 0 aliphatic heterocycles. The van der Waals surface area contributed by atoms with Gasteiger partial charge in [0.25, 0.3) is 0 Å². The second-order valence-corrected chi connectivity index (χ2v) is 2.71. The third kappa shape index (κ3) is 1.92. The van der Waals surface area contributed by atoms with Gasteiger partial charge in [-0.05, 0) is 12.5 Å². The fourth-order valence-corrected chi connectivity index (χ4v) is 1.07. The Kier molecular flexibility index (Phi) is 3.00. The first-order valence-corrected chi connectivity index (χ1v) is 3.84. The van der Waals surface area contributed by atoms with E-state index in [9.17, 15) is 4.39 Å². The Morgan fingerprint density at radius 1 is 1.58 bits per heavy atom. The number of benzene rings is 1. The zero-order chi connectivity index (χ0) is 8.97. The Balaban J connectivity index is 3.02. The molecule has 1 aromatic rings. The number of nitrogens with two attached hydrogens (primary N) is 1. The van der Waals surface area contributed by atoms with E-state index in [4.69, 9.17) is 5.73 Å². The van der Waals surface area contributed by atoms with Crippen LogP contribution in [0.5, 0.6) is 0 Å². The van der Waals surface area contributed by atoms with Crippen LogP contribution in [0.1, 0.15) is 11.1 Å². The summed E-state index contributed by atoms with van der Waals surface area (Å²) >= 11 is 0. The van der Waals surface area contributed by atoms with Gasteiger partial charge in [-0.15, -0.1) is 0 Å². The molecule has 0 saturated heterocycles. The van der Waals surface area contributed by atoms with Gasteiger partial charge < -0.3 is 5.73 Å². The highest BCUT2D eigenvalue weighted by molar-refractivity contribution is 5.66. The van der Waals surface area contributed by atoms with Gasteiger partial charge in [0.1, 0.15) is 0 Å². The third-order valence-electron chi connectivity index (χ3n) is 1.74. The number of halogens is 1. The van der Waals surface area contributed by atoms with Crippen molar-refractivity contribution in [3.8, 4) is 0 Å². The Morgan fingerprint density at radius 3 is 2.83 bits per heavy atom. The fourth-order valence-electron chi connectivity index (χ4n) is 1.07. The monoisotopic (exact) mass is 165 g/mol. The number of hydrogen-bond acceptors (Lipinski definition) is 1. The average Bonchev–Trinajstić information content (AvgIpc) is 2.07. The minimum absolute atomic E-state index is 0.236. The molecule has 2 heteroatoms. The van der Waals surface area contributed by atoms with Crippen molar-refractivity contribution in [2.45, 2.75) is 6.92 Å². The molecule has 0 saturated carbocycles. The summed E-state index contributed by atoms with van der Waals surface area (Å²) < 4.78 is 12.2. The first-order valence-electron chi connectivity index (χ1n) is 3.84. The Morgan fingerprint density at radius 2 is 2.33 bits per heavy atom. The van der Waals surface area contributed by atoms with E-state index in [-0.39, 0.29) is 6.54 Å². The lowest BCUT2D eigenvalue weighted by atomic mass is 10.1. The van der Waals surface area contributed by atoms with Crippen LogP contribution in [-0.4, -0.2) is 6.54 Å². The van der Waals surface area contributed by atoms with Gasteiger partial charge in [-0.25, -0.2) is 4.39 Å². The molecule has 2 N–H and O–H groups in total. The molecule has 1 rings (SSSR count). The summed E-state index contributed by atoms with van der Waals surface area (Å²) in [6, 6.07) is 7.63. The Labute approximate surface area is 71.7 Å². The van der Waals surface area contributed by atoms with Gasteiger partial charge in [0.15, 0.2) is 0 Å². The number of hydrogen-bond donors (Lipinski definition) is 1. The van der Waals surface area contributed by atoms with Crippen LogP contribution in [0.2, 0.25) is 0 Å². The summed E-state index contributed by atoms with van der Waals surface area (Å²) in [6.45, 7) is 2.20. The quantitative estimate of drug-likeness (QED) is 0.714. The zero-order valence-corrected chi connectivity index (χ0v) is 7.05. The predicted octanol–water partition coefficient (Wildman–Crippen LogP) is 2.26. The van der Waals surface area contributed by atoms with E-state index in [0.717, 1.165) is 11.1 Å². The number of aryl methyl sites for hydroxylation is 1. The smallest absolute Gasteiger partial charge is 0.0917 e. The molecule has 0 amide bonds. The molecule has 0 aliphatic rings. The van der Waals surface area contributed by atoms with Crippen LogP contribution in [0.25, 0.3) is 5.57 Å². The van der Waals surface area contributed by atoms with Crippen LogP contribution in [-0.2, 0) is 0 Å². The minimum atomic E-state index is 0.236. The van der Waals surface area contributed by atoms with Crippen molar-refractivity contribution in [2.24, 2.45) is 5.73 Å². The molecular formula is C10H12FN. The number of rotatable bonds is 2. The van der Waals surface area contributed by atoms with Crippen molar-refractivity contribution in [1.82, 2.24) is 0 Å². The van der Waals surface area contributed by atoms with Crippen LogP contribution in [0, 0.1) is 6.92 Å².